The third-order valence-electron chi connectivity index (χ3n) is 3.13. The average Bonchev–Trinajstić information content (AvgIpc) is 2.34. The molecule has 1 aliphatic heterocycles. The molecule has 112 valence electrons. The summed E-state index contributed by atoms with van der Waals surface area (Å²) in [5, 5.41) is 18.1. The maximum Gasteiger partial charge on any atom is 0.322 e. The van der Waals surface area contributed by atoms with Gasteiger partial charge in [0.1, 0.15) is 6.04 Å². The van der Waals surface area contributed by atoms with Crippen LogP contribution in [0.4, 0.5) is 0 Å². The molecule has 2 unspecified atom stereocenters. The number of aliphatic carboxylic acids is 1. The second-order valence-electron chi connectivity index (χ2n) is 4.85. The van der Waals surface area contributed by atoms with Crippen LogP contribution >= 0.6 is 0 Å². The Morgan fingerprint density at radius 2 is 2.16 bits per heavy atom. The van der Waals surface area contributed by atoms with E-state index in [2.05, 4.69) is 4.72 Å². The van der Waals surface area contributed by atoms with E-state index in [1.54, 1.807) is 6.92 Å². The number of carboxylic acids is 1. The summed E-state index contributed by atoms with van der Waals surface area (Å²) in [6, 6.07) is -0.969. The molecule has 1 fully saturated rings. The minimum Gasteiger partial charge on any atom is -0.480 e. The van der Waals surface area contributed by atoms with E-state index in [-0.39, 0.29) is 13.1 Å². The standard InChI is InChI=1S/C11H22N2O5S/c1-9(14)5-4-7-12-19(17,18)13-8-3-2-6-10(13)11(15)16/h9-10,12,14H,2-8H2,1H3,(H,15,16). The average molecular weight is 294 g/mol. The Kier molecular flexibility index (Phi) is 6.18. The molecule has 1 rings (SSSR count). The first-order chi connectivity index (χ1) is 8.84. The Labute approximate surface area is 113 Å². The molecule has 2 atom stereocenters. The lowest BCUT2D eigenvalue weighted by Crippen LogP contribution is -2.52. The van der Waals surface area contributed by atoms with E-state index < -0.39 is 28.3 Å². The number of hydrogen-bond donors (Lipinski definition) is 3. The molecule has 0 spiro atoms. The van der Waals surface area contributed by atoms with E-state index in [0.29, 0.717) is 25.7 Å². The van der Waals surface area contributed by atoms with Crippen LogP contribution in [-0.2, 0) is 15.0 Å². The Morgan fingerprint density at radius 3 is 2.74 bits per heavy atom. The van der Waals surface area contributed by atoms with Crippen molar-refractivity contribution in [3.63, 3.8) is 0 Å². The second-order valence-corrected chi connectivity index (χ2v) is 6.56. The van der Waals surface area contributed by atoms with Gasteiger partial charge in [-0.05, 0) is 39.0 Å². The zero-order chi connectivity index (χ0) is 14.5. The highest BCUT2D eigenvalue weighted by Crippen LogP contribution is 2.19. The summed E-state index contributed by atoms with van der Waals surface area (Å²) in [6.07, 6.45) is 2.31. The monoisotopic (exact) mass is 294 g/mol. The molecule has 1 saturated heterocycles. The highest BCUT2D eigenvalue weighted by Gasteiger charge is 2.36. The predicted octanol–water partition coefficient (Wildman–Crippen LogP) is -0.0791. The van der Waals surface area contributed by atoms with E-state index in [1.165, 1.54) is 0 Å². The van der Waals surface area contributed by atoms with Gasteiger partial charge in [0, 0.05) is 13.1 Å². The van der Waals surface area contributed by atoms with Gasteiger partial charge in [0.15, 0.2) is 0 Å². The van der Waals surface area contributed by atoms with E-state index in [4.69, 9.17) is 10.2 Å². The van der Waals surface area contributed by atoms with Gasteiger partial charge in [0.25, 0.3) is 10.2 Å². The van der Waals surface area contributed by atoms with Crippen LogP contribution in [0.5, 0.6) is 0 Å². The fourth-order valence-corrected chi connectivity index (χ4v) is 3.59. The first-order valence-corrected chi connectivity index (χ1v) is 7.96. The molecular formula is C11H22N2O5S. The number of piperidine rings is 1. The minimum atomic E-state index is -3.75. The minimum absolute atomic E-state index is 0.204. The largest absolute Gasteiger partial charge is 0.480 e. The molecule has 0 aromatic rings. The Morgan fingerprint density at radius 1 is 1.47 bits per heavy atom. The molecule has 19 heavy (non-hydrogen) atoms. The first kappa shape index (κ1) is 16.4. The summed E-state index contributed by atoms with van der Waals surface area (Å²) in [6.45, 7) is 2.08. The van der Waals surface area contributed by atoms with E-state index >= 15 is 0 Å². The topological polar surface area (TPSA) is 107 Å². The molecule has 0 aromatic carbocycles. The number of rotatable bonds is 7. The van der Waals surface area contributed by atoms with Crippen LogP contribution in [0.1, 0.15) is 39.0 Å². The molecule has 0 aliphatic carbocycles. The zero-order valence-corrected chi connectivity index (χ0v) is 11.9. The maximum absolute atomic E-state index is 12.0. The summed E-state index contributed by atoms with van der Waals surface area (Å²) in [5.74, 6) is -1.10. The quantitative estimate of drug-likeness (QED) is 0.569. The van der Waals surface area contributed by atoms with Crippen molar-refractivity contribution in [2.75, 3.05) is 13.1 Å². The smallest absolute Gasteiger partial charge is 0.322 e. The third-order valence-corrected chi connectivity index (χ3v) is 4.75. The number of carbonyl (C=O) groups is 1. The van der Waals surface area contributed by atoms with Crippen LogP contribution in [0.15, 0.2) is 0 Å². The normalized spacial score (nSPS) is 23.2. The first-order valence-electron chi connectivity index (χ1n) is 6.52. The Hall–Kier alpha value is -0.700. The fourth-order valence-electron chi connectivity index (χ4n) is 2.12. The molecular weight excluding hydrogens is 272 g/mol. The molecule has 0 saturated carbocycles. The van der Waals surface area contributed by atoms with Crippen molar-refractivity contribution >= 4 is 16.2 Å². The highest BCUT2D eigenvalue weighted by molar-refractivity contribution is 7.87. The van der Waals surface area contributed by atoms with Crippen LogP contribution in [-0.4, -0.2) is 54.1 Å². The lowest BCUT2D eigenvalue weighted by Gasteiger charge is -2.31. The summed E-state index contributed by atoms with van der Waals surface area (Å²) >= 11 is 0. The molecule has 7 nitrogen and oxygen atoms in total. The maximum atomic E-state index is 12.0. The van der Waals surface area contributed by atoms with Crippen LogP contribution in [0.2, 0.25) is 0 Å². The Bertz CT molecular complexity index is 396. The van der Waals surface area contributed by atoms with Gasteiger partial charge < -0.3 is 10.2 Å². The molecule has 0 bridgehead atoms. The van der Waals surface area contributed by atoms with Gasteiger partial charge in [0.2, 0.25) is 0 Å². The van der Waals surface area contributed by atoms with Gasteiger partial charge in [-0.25, -0.2) is 4.72 Å². The van der Waals surface area contributed by atoms with Crippen molar-refractivity contribution in [2.45, 2.75) is 51.2 Å². The van der Waals surface area contributed by atoms with Gasteiger partial charge in [-0.2, -0.15) is 12.7 Å². The van der Waals surface area contributed by atoms with E-state index in [0.717, 1.165) is 10.7 Å². The molecule has 3 N–H and O–H groups in total. The number of hydrogen-bond acceptors (Lipinski definition) is 4. The summed E-state index contributed by atoms with van der Waals surface area (Å²) in [4.78, 5) is 11.1. The lowest BCUT2D eigenvalue weighted by molar-refractivity contribution is -0.142. The zero-order valence-electron chi connectivity index (χ0n) is 11.1. The molecule has 0 amide bonds. The van der Waals surface area contributed by atoms with Crippen molar-refractivity contribution in [3.8, 4) is 0 Å². The summed E-state index contributed by atoms with van der Waals surface area (Å²) in [7, 11) is -3.75. The van der Waals surface area contributed by atoms with Crippen LogP contribution in [0.3, 0.4) is 0 Å². The van der Waals surface area contributed by atoms with Gasteiger partial charge in [-0.1, -0.05) is 0 Å². The van der Waals surface area contributed by atoms with Crippen molar-refractivity contribution < 1.29 is 23.4 Å². The molecule has 1 aliphatic rings. The summed E-state index contributed by atoms with van der Waals surface area (Å²) in [5.41, 5.74) is 0. The number of carboxylic acid groups (broad SMARTS) is 1. The summed E-state index contributed by atoms with van der Waals surface area (Å²) < 4.78 is 27.5. The van der Waals surface area contributed by atoms with Gasteiger partial charge in [-0.15, -0.1) is 0 Å². The van der Waals surface area contributed by atoms with Gasteiger partial charge >= 0.3 is 5.97 Å². The number of nitrogens with one attached hydrogen (secondary N) is 1. The van der Waals surface area contributed by atoms with E-state index in [9.17, 15) is 13.2 Å². The fraction of sp³-hybridized carbons (Fsp3) is 0.909. The third kappa shape index (κ3) is 5.06. The second kappa shape index (κ2) is 7.18. The molecule has 0 radical (unpaired) electrons. The van der Waals surface area contributed by atoms with Crippen molar-refractivity contribution in [1.82, 2.24) is 9.03 Å². The molecule has 0 aromatic heterocycles. The predicted molar refractivity (Wildman–Crippen MR) is 69.8 cm³/mol. The van der Waals surface area contributed by atoms with E-state index in [1.807, 2.05) is 0 Å². The van der Waals surface area contributed by atoms with Crippen LogP contribution in [0, 0.1) is 0 Å². The van der Waals surface area contributed by atoms with Crippen molar-refractivity contribution in [1.29, 1.82) is 0 Å². The Balaban J connectivity index is 2.56. The van der Waals surface area contributed by atoms with Crippen LogP contribution in [0.25, 0.3) is 0 Å². The van der Waals surface area contributed by atoms with Crippen molar-refractivity contribution in [3.05, 3.63) is 0 Å². The number of aliphatic hydroxyl groups excluding tert-OH is 1. The highest BCUT2D eigenvalue weighted by atomic mass is 32.2. The number of nitrogens with zero attached hydrogens (tertiary/aromatic N) is 1. The number of aliphatic hydroxyl groups is 1. The van der Waals surface area contributed by atoms with Gasteiger partial charge in [0.05, 0.1) is 6.10 Å². The lowest BCUT2D eigenvalue weighted by atomic mass is 10.1. The van der Waals surface area contributed by atoms with Crippen LogP contribution < -0.4 is 4.72 Å². The van der Waals surface area contributed by atoms with Crippen molar-refractivity contribution in [2.24, 2.45) is 0 Å². The SMILES string of the molecule is CC(O)CCCNS(=O)(=O)N1CCCCC1C(=O)O. The molecule has 8 heteroatoms. The molecule has 1 heterocycles. The van der Waals surface area contributed by atoms with Gasteiger partial charge in [-0.3, -0.25) is 4.79 Å².